The molecule has 168 valence electrons. The van der Waals surface area contributed by atoms with Crippen LogP contribution in [0.25, 0.3) is 0 Å². The smallest absolute Gasteiger partial charge is 0.305 e. The molecule has 1 aliphatic heterocycles. The molecule has 10 nitrogen and oxygen atoms in total. The quantitative estimate of drug-likeness (QED) is 0.391. The van der Waals surface area contributed by atoms with Crippen LogP contribution in [0.3, 0.4) is 0 Å². The minimum atomic E-state index is -4.41. The maximum Gasteiger partial charge on any atom is 0.305 e. The Morgan fingerprint density at radius 1 is 1.19 bits per heavy atom. The SMILES string of the molecule is CCN(Cc1ccccc1)c1ccc(N=NC2N(C)C=N[NH+]2C)cc1.COS(=O)(=O)[O-]. The molecule has 0 saturated carbocycles. The second-order valence-corrected chi connectivity index (χ2v) is 7.88. The van der Waals surface area contributed by atoms with Crippen molar-refractivity contribution >= 4 is 28.1 Å². The average Bonchev–Trinajstić information content (AvgIpc) is 3.09. The van der Waals surface area contributed by atoms with Crippen LogP contribution in [0.5, 0.6) is 0 Å². The van der Waals surface area contributed by atoms with E-state index >= 15 is 0 Å². The molecule has 0 saturated heterocycles. The van der Waals surface area contributed by atoms with Gasteiger partial charge in [-0.1, -0.05) is 35.4 Å². The predicted molar refractivity (Wildman–Crippen MR) is 118 cm³/mol. The van der Waals surface area contributed by atoms with Crippen LogP contribution < -0.4 is 9.91 Å². The van der Waals surface area contributed by atoms with Crippen LogP contribution in [-0.4, -0.2) is 58.2 Å². The van der Waals surface area contributed by atoms with E-state index in [0.717, 1.165) is 30.9 Å². The summed E-state index contributed by atoms with van der Waals surface area (Å²) in [5, 5.41) is 14.0. The van der Waals surface area contributed by atoms with E-state index in [2.05, 4.69) is 67.7 Å². The maximum atomic E-state index is 9.22. The predicted octanol–water partition coefficient (Wildman–Crippen LogP) is 1.58. The zero-order chi connectivity index (χ0) is 22.9. The molecule has 2 aromatic rings. The van der Waals surface area contributed by atoms with Crippen LogP contribution in [0.2, 0.25) is 0 Å². The molecule has 0 fully saturated rings. The van der Waals surface area contributed by atoms with Gasteiger partial charge in [-0.15, -0.1) is 10.2 Å². The minimum absolute atomic E-state index is 0.0927. The van der Waals surface area contributed by atoms with E-state index in [0.29, 0.717) is 0 Å². The average molecular weight is 449 g/mol. The van der Waals surface area contributed by atoms with E-state index in [9.17, 15) is 13.0 Å². The van der Waals surface area contributed by atoms with E-state index in [1.165, 1.54) is 11.3 Å². The third kappa shape index (κ3) is 8.06. The molecule has 1 heterocycles. The van der Waals surface area contributed by atoms with Gasteiger partial charge in [0.05, 0.1) is 19.8 Å². The second-order valence-electron chi connectivity index (χ2n) is 6.73. The van der Waals surface area contributed by atoms with Gasteiger partial charge < -0.3 is 9.45 Å². The molecule has 0 aliphatic carbocycles. The van der Waals surface area contributed by atoms with Crippen molar-refractivity contribution in [2.24, 2.45) is 15.3 Å². The Kier molecular flexibility index (Phi) is 9.06. The Balaban J connectivity index is 0.000000501. The number of rotatable bonds is 7. The molecule has 2 atom stereocenters. The zero-order valence-electron chi connectivity index (χ0n) is 18.0. The summed E-state index contributed by atoms with van der Waals surface area (Å²) in [6.07, 6.45) is 1.69. The number of hydrogen-bond donors (Lipinski definition) is 1. The van der Waals surface area contributed by atoms with Crippen molar-refractivity contribution in [3.05, 3.63) is 60.2 Å². The number of anilines is 1. The fourth-order valence-corrected chi connectivity index (χ4v) is 2.81. The Morgan fingerprint density at radius 2 is 1.81 bits per heavy atom. The topological polar surface area (TPSA) is 114 Å². The van der Waals surface area contributed by atoms with Gasteiger partial charge in [-0.25, -0.2) is 8.42 Å². The van der Waals surface area contributed by atoms with Crippen LogP contribution in [0.1, 0.15) is 12.5 Å². The standard InChI is InChI=1S/C19H24N6.CH4O4S/c1-4-25(14-16-8-6-5-7-9-16)18-12-10-17(11-13-18)21-22-19-23(2)15-20-24(19)3;1-5-6(2,3)4/h5-13,15,19H,4,14H2,1-3H3;1H3,(H,2,3,4). The van der Waals surface area contributed by atoms with Crippen LogP contribution in [0.4, 0.5) is 11.4 Å². The van der Waals surface area contributed by atoms with Crippen molar-refractivity contribution in [3.8, 4) is 0 Å². The maximum absolute atomic E-state index is 9.22. The molecule has 1 N–H and O–H groups in total. The van der Waals surface area contributed by atoms with Gasteiger partial charge in [0, 0.05) is 25.8 Å². The van der Waals surface area contributed by atoms with Gasteiger partial charge in [0.25, 0.3) is 0 Å². The second kappa shape index (κ2) is 11.5. The number of hydrogen-bond acceptors (Lipinski definition) is 9. The van der Waals surface area contributed by atoms with Gasteiger partial charge >= 0.3 is 6.29 Å². The lowest BCUT2D eigenvalue weighted by atomic mass is 10.2. The largest absolute Gasteiger partial charge is 0.726 e. The highest BCUT2D eigenvalue weighted by atomic mass is 32.3. The van der Waals surface area contributed by atoms with Gasteiger partial charge in [0.2, 0.25) is 10.4 Å². The van der Waals surface area contributed by atoms with Crippen molar-refractivity contribution in [1.29, 1.82) is 0 Å². The van der Waals surface area contributed by atoms with E-state index in [-0.39, 0.29) is 6.29 Å². The highest BCUT2D eigenvalue weighted by Gasteiger charge is 2.26. The third-order valence-electron chi connectivity index (χ3n) is 4.50. The first-order chi connectivity index (χ1) is 14.7. The lowest BCUT2D eigenvalue weighted by Crippen LogP contribution is -3.07. The van der Waals surface area contributed by atoms with Gasteiger partial charge in [-0.05, 0) is 36.8 Å². The number of nitrogens with zero attached hydrogens (tertiary/aromatic N) is 5. The van der Waals surface area contributed by atoms with Crippen molar-refractivity contribution in [2.45, 2.75) is 19.8 Å². The van der Waals surface area contributed by atoms with E-state index in [4.69, 9.17) is 0 Å². The van der Waals surface area contributed by atoms with Crippen LogP contribution in [0.15, 0.2) is 69.9 Å². The molecule has 3 rings (SSSR count). The first kappa shape index (κ1) is 24.4. The van der Waals surface area contributed by atoms with Gasteiger partial charge in [-0.3, -0.25) is 9.08 Å². The monoisotopic (exact) mass is 448 g/mol. The summed E-state index contributed by atoms with van der Waals surface area (Å²) >= 11 is 0. The molecular formula is C20H28N6O4S. The van der Waals surface area contributed by atoms with E-state index in [1.807, 2.05) is 37.2 Å². The molecule has 0 bridgehead atoms. The summed E-state index contributed by atoms with van der Waals surface area (Å²) < 4.78 is 31.0. The normalized spacial score (nSPS) is 18.2. The fraction of sp³-hybridized carbons (Fsp3) is 0.350. The minimum Gasteiger partial charge on any atom is -0.726 e. The molecular weight excluding hydrogens is 420 g/mol. The van der Waals surface area contributed by atoms with Crippen molar-refractivity contribution < 1.29 is 22.2 Å². The summed E-state index contributed by atoms with van der Waals surface area (Å²) in [4.78, 5) is 4.29. The Bertz CT molecular complexity index is 955. The number of benzene rings is 2. The van der Waals surface area contributed by atoms with Crippen LogP contribution >= 0.6 is 0 Å². The fourth-order valence-electron chi connectivity index (χ4n) is 2.81. The van der Waals surface area contributed by atoms with E-state index in [1.54, 1.807) is 6.34 Å². The van der Waals surface area contributed by atoms with Gasteiger partial charge in [0.1, 0.15) is 0 Å². The van der Waals surface area contributed by atoms with Crippen molar-refractivity contribution in [1.82, 2.24) is 4.90 Å². The molecule has 0 amide bonds. The first-order valence-corrected chi connectivity index (χ1v) is 11.0. The Hall–Kier alpha value is -2.86. The summed E-state index contributed by atoms with van der Waals surface area (Å²) in [6.45, 7) is 4.02. The summed E-state index contributed by atoms with van der Waals surface area (Å²) in [6, 6.07) is 18.7. The van der Waals surface area contributed by atoms with Crippen molar-refractivity contribution in [2.75, 3.05) is 32.6 Å². The molecule has 11 heteroatoms. The lowest BCUT2D eigenvalue weighted by Gasteiger charge is -2.23. The molecule has 0 radical (unpaired) electrons. The molecule has 0 aromatic heterocycles. The number of azo groups is 1. The first-order valence-electron chi connectivity index (χ1n) is 9.64. The van der Waals surface area contributed by atoms with Gasteiger partial charge in [0.15, 0.2) is 6.34 Å². The van der Waals surface area contributed by atoms with E-state index < -0.39 is 10.4 Å². The Morgan fingerprint density at radius 3 is 2.29 bits per heavy atom. The summed E-state index contributed by atoms with van der Waals surface area (Å²) in [5.74, 6) is 0. The highest BCUT2D eigenvalue weighted by Crippen LogP contribution is 2.22. The number of quaternary nitrogens is 1. The summed E-state index contributed by atoms with van der Waals surface area (Å²) in [7, 11) is 0.317. The third-order valence-corrected chi connectivity index (χ3v) is 4.91. The summed E-state index contributed by atoms with van der Waals surface area (Å²) in [5.41, 5.74) is 3.35. The van der Waals surface area contributed by atoms with Crippen LogP contribution in [0, 0.1) is 0 Å². The van der Waals surface area contributed by atoms with Crippen molar-refractivity contribution in [3.63, 3.8) is 0 Å². The molecule has 2 aromatic carbocycles. The molecule has 31 heavy (non-hydrogen) atoms. The molecule has 2 unspecified atom stereocenters. The Labute approximate surface area is 183 Å². The lowest BCUT2D eigenvalue weighted by molar-refractivity contribution is -0.914. The number of nitrogens with one attached hydrogen (secondary N) is 1. The molecule has 1 aliphatic rings. The molecule has 0 spiro atoms. The van der Waals surface area contributed by atoms with Crippen LogP contribution in [-0.2, 0) is 21.1 Å². The van der Waals surface area contributed by atoms with Gasteiger partial charge in [-0.2, -0.15) is 5.01 Å². The highest BCUT2D eigenvalue weighted by molar-refractivity contribution is 7.80. The zero-order valence-corrected chi connectivity index (χ0v) is 18.9.